The van der Waals surface area contributed by atoms with E-state index in [4.69, 9.17) is 4.74 Å². The Balaban J connectivity index is 3.30. The fourth-order valence-corrected chi connectivity index (χ4v) is 2.13. The molecule has 6 heteroatoms. The zero-order chi connectivity index (χ0) is 16.2. The molecule has 1 aromatic rings. The Morgan fingerprint density at radius 1 is 1.43 bits per heavy atom. The summed E-state index contributed by atoms with van der Waals surface area (Å²) in [6.45, 7) is 9.75. The Bertz CT molecular complexity index is 495. The van der Waals surface area contributed by atoms with Crippen LogP contribution in [0, 0.1) is 10.1 Å². The van der Waals surface area contributed by atoms with E-state index in [1.165, 1.54) is 0 Å². The molecular formula is C15H24N2O4. The number of hydrogen-bond donors (Lipinski definition) is 1. The Morgan fingerprint density at radius 2 is 2.05 bits per heavy atom. The van der Waals surface area contributed by atoms with E-state index in [0.717, 1.165) is 0 Å². The van der Waals surface area contributed by atoms with Gasteiger partial charge in [-0.25, -0.2) is 0 Å². The molecule has 1 aromatic carbocycles. The molecule has 0 bridgehead atoms. The van der Waals surface area contributed by atoms with Crippen LogP contribution in [0.3, 0.4) is 0 Å². The van der Waals surface area contributed by atoms with Crippen molar-refractivity contribution in [2.75, 3.05) is 18.0 Å². The summed E-state index contributed by atoms with van der Waals surface area (Å²) in [6, 6.07) is 5.01. The second-order valence-corrected chi connectivity index (χ2v) is 5.87. The van der Waals surface area contributed by atoms with Gasteiger partial charge in [0.1, 0.15) is 5.69 Å². The minimum atomic E-state index is -0.946. The molecule has 1 rings (SSSR count). The normalized spacial score (nSPS) is 11.6. The number of para-hydroxylation sites is 1. The first-order chi connectivity index (χ1) is 9.65. The Morgan fingerprint density at radius 3 is 2.48 bits per heavy atom. The minimum Gasteiger partial charge on any atom is -0.484 e. The Kier molecular flexibility index (Phi) is 5.54. The molecule has 0 aromatic heterocycles. The summed E-state index contributed by atoms with van der Waals surface area (Å²) >= 11 is 0. The van der Waals surface area contributed by atoms with Crippen molar-refractivity contribution in [3.05, 3.63) is 28.3 Å². The monoisotopic (exact) mass is 296 g/mol. The van der Waals surface area contributed by atoms with Crippen LogP contribution in [0.5, 0.6) is 5.75 Å². The third kappa shape index (κ3) is 4.90. The van der Waals surface area contributed by atoms with Gasteiger partial charge >= 0.3 is 5.69 Å². The maximum absolute atomic E-state index is 11.4. The maximum atomic E-state index is 11.4. The predicted octanol–water partition coefficient (Wildman–Crippen LogP) is 2.98. The van der Waals surface area contributed by atoms with Crippen LogP contribution in [0.25, 0.3) is 0 Å². The summed E-state index contributed by atoms with van der Waals surface area (Å²) in [5.41, 5.74) is -0.543. The molecule has 0 aliphatic rings. The van der Waals surface area contributed by atoms with Crippen molar-refractivity contribution in [1.29, 1.82) is 0 Å². The molecule has 0 aliphatic heterocycles. The molecule has 1 N–H and O–H groups in total. The van der Waals surface area contributed by atoms with Crippen molar-refractivity contribution in [3.8, 4) is 5.75 Å². The van der Waals surface area contributed by atoms with Gasteiger partial charge in [0.2, 0.25) is 0 Å². The quantitative estimate of drug-likeness (QED) is 0.618. The highest BCUT2D eigenvalue weighted by atomic mass is 16.6. The second-order valence-electron chi connectivity index (χ2n) is 5.87. The molecule has 6 nitrogen and oxygen atoms in total. The van der Waals surface area contributed by atoms with Crippen LogP contribution in [0.4, 0.5) is 11.4 Å². The number of hydrogen-bond acceptors (Lipinski definition) is 5. The van der Waals surface area contributed by atoms with Gasteiger partial charge in [0.05, 0.1) is 16.6 Å². The van der Waals surface area contributed by atoms with Crippen molar-refractivity contribution < 1.29 is 14.8 Å². The summed E-state index contributed by atoms with van der Waals surface area (Å²) in [5, 5.41) is 21.4. The van der Waals surface area contributed by atoms with E-state index < -0.39 is 10.5 Å². The van der Waals surface area contributed by atoms with Gasteiger partial charge in [-0.3, -0.25) is 10.1 Å². The van der Waals surface area contributed by atoms with Crippen molar-refractivity contribution in [1.82, 2.24) is 0 Å². The summed E-state index contributed by atoms with van der Waals surface area (Å²) < 4.78 is 5.54. The number of anilines is 1. The minimum absolute atomic E-state index is 0.0581. The van der Waals surface area contributed by atoms with E-state index >= 15 is 0 Å². The van der Waals surface area contributed by atoms with E-state index in [2.05, 4.69) is 0 Å². The number of benzene rings is 1. The molecular weight excluding hydrogens is 272 g/mol. The third-order valence-corrected chi connectivity index (χ3v) is 2.82. The van der Waals surface area contributed by atoms with E-state index in [0.29, 0.717) is 18.8 Å². The van der Waals surface area contributed by atoms with Crippen LogP contribution in [-0.4, -0.2) is 34.8 Å². The first-order valence-electron chi connectivity index (χ1n) is 7.07. The predicted molar refractivity (Wildman–Crippen MR) is 83.0 cm³/mol. The highest BCUT2D eigenvalue weighted by molar-refractivity contribution is 5.70. The molecule has 21 heavy (non-hydrogen) atoms. The van der Waals surface area contributed by atoms with Crippen LogP contribution in [0.2, 0.25) is 0 Å². The van der Waals surface area contributed by atoms with Gasteiger partial charge in [-0.05, 0) is 46.8 Å². The topological polar surface area (TPSA) is 75.8 Å². The molecule has 0 unspecified atom stereocenters. The van der Waals surface area contributed by atoms with Gasteiger partial charge in [-0.15, -0.1) is 0 Å². The Hall–Kier alpha value is -1.82. The van der Waals surface area contributed by atoms with Crippen molar-refractivity contribution in [2.45, 2.75) is 46.3 Å². The number of likely N-dealkylation sites (N-methyl/N-ethyl adjacent to an activating group) is 1. The summed E-state index contributed by atoms with van der Waals surface area (Å²) in [4.78, 5) is 12.8. The largest absolute Gasteiger partial charge is 0.484 e. The van der Waals surface area contributed by atoms with Crippen LogP contribution in [0.15, 0.2) is 18.2 Å². The molecule has 0 fully saturated rings. The smallest absolute Gasteiger partial charge is 0.333 e. The number of aliphatic hydroxyl groups is 1. The van der Waals surface area contributed by atoms with Crippen LogP contribution >= 0.6 is 0 Å². The van der Waals surface area contributed by atoms with Gasteiger partial charge in [0.15, 0.2) is 5.75 Å². The summed E-state index contributed by atoms with van der Waals surface area (Å²) in [5.74, 6) is 0.252. The van der Waals surface area contributed by atoms with E-state index in [9.17, 15) is 15.2 Å². The van der Waals surface area contributed by atoms with Crippen molar-refractivity contribution in [3.63, 3.8) is 0 Å². The zero-order valence-electron chi connectivity index (χ0n) is 13.3. The summed E-state index contributed by atoms with van der Waals surface area (Å²) in [7, 11) is 0. The van der Waals surface area contributed by atoms with E-state index in [1.807, 2.05) is 20.8 Å². The number of rotatable bonds is 7. The first kappa shape index (κ1) is 17.2. The molecule has 0 aliphatic carbocycles. The number of ether oxygens (including phenoxy) is 1. The third-order valence-electron chi connectivity index (χ3n) is 2.82. The van der Waals surface area contributed by atoms with Crippen molar-refractivity contribution >= 4 is 11.4 Å². The molecule has 0 spiro atoms. The highest BCUT2D eigenvalue weighted by Crippen LogP contribution is 2.38. The Labute approximate surface area is 125 Å². The lowest BCUT2D eigenvalue weighted by atomic mass is 10.1. The SMILES string of the molecule is CCN(CC(C)(C)O)c1cccc(OC(C)C)c1[N+](=O)[O-]. The van der Waals surface area contributed by atoms with Crippen LogP contribution < -0.4 is 9.64 Å². The molecule has 0 amide bonds. The van der Waals surface area contributed by atoms with E-state index in [1.54, 1.807) is 36.9 Å². The van der Waals surface area contributed by atoms with Gasteiger partial charge in [0, 0.05) is 13.1 Å². The average molecular weight is 296 g/mol. The lowest BCUT2D eigenvalue weighted by Crippen LogP contribution is -2.38. The molecule has 0 saturated heterocycles. The maximum Gasteiger partial charge on any atom is 0.333 e. The molecule has 0 heterocycles. The zero-order valence-corrected chi connectivity index (χ0v) is 13.3. The fraction of sp³-hybridized carbons (Fsp3) is 0.600. The number of nitrogens with zero attached hydrogens (tertiary/aromatic N) is 2. The van der Waals surface area contributed by atoms with Gasteiger partial charge in [0.25, 0.3) is 0 Å². The second kappa shape index (κ2) is 6.76. The molecule has 0 atom stereocenters. The van der Waals surface area contributed by atoms with Gasteiger partial charge in [-0.2, -0.15) is 0 Å². The highest BCUT2D eigenvalue weighted by Gasteiger charge is 2.27. The molecule has 0 saturated carbocycles. The molecule has 118 valence electrons. The van der Waals surface area contributed by atoms with Gasteiger partial charge in [-0.1, -0.05) is 6.07 Å². The lowest BCUT2D eigenvalue weighted by Gasteiger charge is -2.29. The van der Waals surface area contributed by atoms with Crippen LogP contribution in [0.1, 0.15) is 34.6 Å². The fourth-order valence-electron chi connectivity index (χ4n) is 2.13. The van der Waals surface area contributed by atoms with E-state index in [-0.39, 0.29) is 17.5 Å². The van der Waals surface area contributed by atoms with Crippen molar-refractivity contribution in [2.24, 2.45) is 0 Å². The lowest BCUT2D eigenvalue weighted by molar-refractivity contribution is -0.385. The number of nitro benzene ring substituents is 1. The van der Waals surface area contributed by atoms with Crippen LogP contribution in [-0.2, 0) is 0 Å². The standard InChI is InChI=1S/C15H24N2O4/c1-6-16(10-15(4,5)18)12-8-7-9-13(21-11(2)3)14(12)17(19)20/h7-9,11,18H,6,10H2,1-5H3. The molecule has 0 radical (unpaired) electrons. The number of nitro groups is 1. The average Bonchev–Trinajstić information content (AvgIpc) is 2.33. The van der Waals surface area contributed by atoms with Gasteiger partial charge < -0.3 is 14.7 Å². The first-order valence-corrected chi connectivity index (χ1v) is 7.07. The summed E-state index contributed by atoms with van der Waals surface area (Å²) in [6.07, 6.45) is -0.150.